The standard InChI is InChI=1S/C18H22N2O3/c1-22-15-9-8-14(17(10-15)23-2)12-20-18(21)11-16(19)13-6-4-3-5-7-13/h3-10,16H,11-12,19H2,1-2H3,(H,20,21). The van der Waals surface area contributed by atoms with Crippen molar-refractivity contribution in [1.29, 1.82) is 0 Å². The Balaban J connectivity index is 1.92. The monoisotopic (exact) mass is 314 g/mol. The van der Waals surface area contributed by atoms with Crippen molar-refractivity contribution in [2.45, 2.75) is 19.0 Å². The quantitative estimate of drug-likeness (QED) is 0.823. The molecule has 0 aliphatic heterocycles. The van der Waals surface area contributed by atoms with Gasteiger partial charge in [-0.05, 0) is 17.7 Å². The van der Waals surface area contributed by atoms with E-state index in [-0.39, 0.29) is 18.4 Å². The van der Waals surface area contributed by atoms with Gasteiger partial charge in [-0.25, -0.2) is 0 Å². The molecular weight excluding hydrogens is 292 g/mol. The van der Waals surface area contributed by atoms with Gasteiger partial charge in [0.25, 0.3) is 0 Å². The fraction of sp³-hybridized carbons (Fsp3) is 0.278. The molecule has 3 N–H and O–H groups in total. The number of ether oxygens (including phenoxy) is 2. The van der Waals surface area contributed by atoms with Crippen LogP contribution in [0.3, 0.4) is 0 Å². The molecule has 122 valence electrons. The highest BCUT2D eigenvalue weighted by atomic mass is 16.5. The maximum atomic E-state index is 12.1. The van der Waals surface area contributed by atoms with Gasteiger partial charge in [0.2, 0.25) is 5.91 Å². The molecule has 23 heavy (non-hydrogen) atoms. The number of amides is 1. The SMILES string of the molecule is COc1ccc(CNC(=O)CC(N)c2ccccc2)c(OC)c1. The number of methoxy groups -OCH3 is 2. The van der Waals surface area contributed by atoms with Crippen LogP contribution in [-0.4, -0.2) is 20.1 Å². The highest BCUT2D eigenvalue weighted by molar-refractivity contribution is 5.76. The van der Waals surface area contributed by atoms with Crippen molar-refractivity contribution >= 4 is 5.91 Å². The van der Waals surface area contributed by atoms with Gasteiger partial charge >= 0.3 is 0 Å². The van der Waals surface area contributed by atoms with Crippen molar-refractivity contribution in [3.05, 3.63) is 59.7 Å². The van der Waals surface area contributed by atoms with Crippen LogP contribution in [0.4, 0.5) is 0 Å². The van der Waals surface area contributed by atoms with Crippen molar-refractivity contribution in [3.63, 3.8) is 0 Å². The number of rotatable bonds is 7. The fourth-order valence-electron chi connectivity index (χ4n) is 2.28. The summed E-state index contributed by atoms with van der Waals surface area (Å²) in [5.41, 5.74) is 7.89. The van der Waals surface area contributed by atoms with E-state index in [1.54, 1.807) is 20.3 Å². The Morgan fingerprint density at radius 3 is 2.52 bits per heavy atom. The molecule has 2 aromatic carbocycles. The van der Waals surface area contributed by atoms with Gasteiger partial charge in [-0.1, -0.05) is 30.3 Å². The maximum Gasteiger partial charge on any atom is 0.222 e. The van der Waals surface area contributed by atoms with Gasteiger partial charge in [0, 0.05) is 30.6 Å². The largest absolute Gasteiger partial charge is 0.497 e. The van der Waals surface area contributed by atoms with Crippen molar-refractivity contribution in [1.82, 2.24) is 5.32 Å². The molecule has 1 amide bonds. The molecule has 0 heterocycles. The Hall–Kier alpha value is -2.53. The van der Waals surface area contributed by atoms with E-state index in [4.69, 9.17) is 15.2 Å². The summed E-state index contributed by atoms with van der Waals surface area (Å²) in [5, 5.41) is 2.87. The van der Waals surface area contributed by atoms with Crippen LogP contribution in [-0.2, 0) is 11.3 Å². The summed E-state index contributed by atoms with van der Waals surface area (Å²) >= 11 is 0. The van der Waals surface area contributed by atoms with E-state index in [9.17, 15) is 4.79 Å². The minimum absolute atomic E-state index is 0.0979. The molecule has 0 saturated heterocycles. The lowest BCUT2D eigenvalue weighted by Crippen LogP contribution is -2.27. The number of carbonyl (C=O) groups is 1. The van der Waals surface area contributed by atoms with E-state index in [0.29, 0.717) is 18.0 Å². The third-order valence-corrected chi connectivity index (χ3v) is 3.60. The first-order valence-corrected chi connectivity index (χ1v) is 7.42. The minimum Gasteiger partial charge on any atom is -0.497 e. The molecule has 0 aliphatic rings. The lowest BCUT2D eigenvalue weighted by Gasteiger charge is -2.14. The summed E-state index contributed by atoms with van der Waals surface area (Å²) in [6, 6.07) is 14.8. The molecule has 0 fully saturated rings. The van der Waals surface area contributed by atoms with Crippen LogP contribution in [0, 0.1) is 0 Å². The number of benzene rings is 2. The topological polar surface area (TPSA) is 73.6 Å². The van der Waals surface area contributed by atoms with Gasteiger partial charge in [-0.2, -0.15) is 0 Å². The Kier molecular flexibility index (Phi) is 6.00. The third kappa shape index (κ3) is 4.72. The smallest absolute Gasteiger partial charge is 0.222 e. The van der Waals surface area contributed by atoms with Crippen LogP contribution < -0.4 is 20.5 Å². The summed E-state index contributed by atoms with van der Waals surface area (Å²) in [6.45, 7) is 0.382. The molecule has 1 unspecified atom stereocenters. The van der Waals surface area contributed by atoms with Crippen LogP contribution >= 0.6 is 0 Å². The van der Waals surface area contributed by atoms with Gasteiger partial charge in [0.15, 0.2) is 0 Å². The van der Waals surface area contributed by atoms with Gasteiger partial charge in [-0.15, -0.1) is 0 Å². The molecule has 0 radical (unpaired) electrons. The second-order valence-electron chi connectivity index (χ2n) is 5.18. The Morgan fingerprint density at radius 1 is 1.13 bits per heavy atom. The van der Waals surface area contributed by atoms with Crippen molar-refractivity contribution < 1.29 is 14.3 Å². The first-order chi connectivity index (χ1) is 11.1. The highest BCUT2D eigenvalue weighted by Crippen LogP contribution is 2.24. The molecule has 0 bridgehead atoms. The molecule has 2 aromatic rings. The summed E-state index contributed by atoms with van der Waals surface area (Å²) in [4.78, 5) is 12.1. The van der Waals surface area contributed by atoms with E-state index in [0.717, 1.165) is 11.1 Å². The number of carbonyl (C=O) groups excluding carboxylic acids is 1. The molecule has 2 rings (SSSR count). The molecular formula is C18H22N2O3. The normalized spacial score (nSPS) is 11.6. The van der Waals surface area contributed by atoms with Crippen LogP contribution in [0.1, 0.15) is 23.6 Å². The molecule has 0 spiro atoms. The molecule has 0 aliphatic carbocycles. The number of hydrogen-bond acceptors (Lipinski definition) is 4. The zero-order valence-corrected chi connectivity index (χ0v) is 13.4. The lowest BCUT2D eigenvalue weighted by molar-refractivity contribution is -0.121. The summed E-state index contributed by atoms with van der Waals surface area (Å²) < 4.78 is 10.5. The second kappa shape index (κ2) is 8.19. The number of nitrogens with one attached hydrogen (secondary N) is 1. The molecule has 5 heteroatoms. The zero-order chi connectivity index (χ0) is 16.7. The summed E-state index contributed by atoms with van der Waals surface area (Å²) in [7, 11) is 3.19. The fourth-order valence-corrected chi connectivity index (χ4v) is 2.28. The van der Waals surface area contributed by atoms with Gasteiger partial charge in [0.05, 0.1) is 14.2 Å². The zero-order valence-electron chi connectivity index (χ0n) is 13.4. The third-order valence-electron chi connectivity index (χ3n) is 3.60. The Bertz CT molecular complexity index is 644. The van der Waals surface area contributed by atoms with Crippen LogP contribution in [0.2, 0.25) is 0 Å². The summed E-state index contributed by atoms with van der Waals surface area (Å²) in [6.07, 6.45) is 0.239. The highest BCUT2D eigenvalue weighted by Gasteiger charge is 2.12. The second-order valence-corrected chi connectivity index (χ2v) is 5.18. The van der Waals surface area contributed by atoms with Crippen LogP contribution in [0.5, 0.6) is 11.5 Å². The average Bonchev–Trinajstić information content (AvgIpc) is 2.60. The van der Waals surface area contributed by atoms with Gasteiger partial charge in [-0.3, -0.25) is 4.79 Å². The first kappa shape index (κ1) is 16.8. The molecule has 0 saturated carbocycles. The van der Waals surface area contributed by atoms with Gasteiger partial charge < -0.3 is 20.5 Å². The minimum atomic E-state index is -0.311. The lowest BCUT2D eigenvalue weighted by atomic mass is 10.0. The average molecular weight is 314 g/mol. The maximum absolute atomic E-state index is 12.1. The van der Waals surface area contributed by atoms with Crippen molar-refractivity contribution in [2.75, 3.05) is 14.2 Å². The number of hydrogen-bond donors (Lipinski definition) is 2. The number of nitrogens with two attached hydrogens (primary N) is 1. The van der Waals surface area contributed by atoms with Gasteiger partial charge in [0.1, 0.15) is 11.5 Å². The van der Waals surface area contributed by atoms with Crippen molar-refractivity contribution in [2.24, 2.45) is 5.73 Å². The predicted molar refractivity (Wildman–Crippen MR) is 89.4 cm³/mol. The van der Waals surface area contributed by atoms with Crippen LogP contribution in [0.25, 0.3) is 0 Å². The Labute approximate surface area is 136 Å². The molecule has 1 atom stereocenters. The molecule has 5 nitrogen and oxygen atoms in total. The van der Waals surface area contributed by atoms with Crippen molar-refractivity contribution in [3.8, 4) is 11.5 Å². The van der Waals surface area contributed by atoms with E-state index in [2.05, 4.69) is 5.32 Å². The summed E-state index contributed by atoms with van der Waals surface area (Å²) in [5.74, 6) is 1.29. The van der Waals surface area contributed by atoms with E-state index < -0.39 is 0 Å². The first-order valence-electron chi connectivity index (χ1n) is 7.42. The Morgan fingerprint density at radius 2 is 1.87 bits per heavy atom. The predicted octanol–water partition coefficient (Wildman–Crippen LogP) is 2.41. The van der Waals surface area contributed by atoms with E-state index in [1.807, 2.05) is 42.5 Å². The molecule has 0 aromatic heterocycles. The van der Waals surface area contributed by atoms with E-state index >= 15 is 0 Å². The van der Waals surface area contributed by atoms with Crippen LogP contribution in [0.15, 0.2) is 48.5 Å². The van der Waals surface area contributed by atoms with E-state index in [1.165, 1.54) is 0 Å².